The minimum absolute atomic E-state index is 0.323. The molecule has 7 heteroatoms. The third kappa shape index (κ3) is 3.96. The van der Waals surface area contributed by atoms with Crippen LogP contribution in [0, 0.1) is 12.3 Å². The number of carbonyl (C=O) groups is 2. The van der Waals surface area contributed by atoms with Gasteiger partial charge in [-0.2, -0.15) is 0 Å². The summed E-state index contributed by atoms with van der Waals surface area (Å²) in [7, 11) is 0. The van der Waals surface area contributed by atoms with Crippen LogP contribution in [0.1, 0.15) is 42.1 Å². The molecule has 5 nitrogen and oxygen atoms in total. The third-order valence-corrected chi connectivity index (χ3v) is 4.86. The highest BCUT2D eigenvalue weighted by Gasteiger charge is 2.46. The largest absolute Gasteiger partial charge is 0.343 e. The quantitative estimate of drug-likeness (QED) is 0.823. The summed E-state index contributed by atoms with van der Waals surface area (Å²) >= 11 is 0. The van der Waals surface area contributed by atoms with E-state index in [1.54, 1.807) is 6.07 Å². The molecule has 1 fully saturated rings. The monoisotopic (exact) mass is 385 g/mol. The summed E-state index contributed by atoms with van der Waals surface area (Å²) in [6, 6.07) is 6.28. The molecule has 2 heterocycles. The number of aromatic nitrogens is 1. The van der Waals surface area contributed by atoms with E-state index in [1.807, 2.05) is 18.2 Å². The molecule has 0 radical (unpaired) electrons. The number of benzene rings is 1. The third-order valence-electron chi connectivity index (χ3n) is 4.86. The maximum Gasteiger partial charge on any atom is 0.268 e. The SMILES string of the molecule is C#C[C@@H]1CC(F)(F)CN1C(=O)CNC(=O)c1ccnc2cc(C(C)C)ccc12. The predicted octanol–water partition coefficient (Wildman–Crippen LogP) is 2.96. The van der Waals surface area contributed by atoms with E-state index >= 15 is 0 Å². The van der Waals surface area contributed by atoms with Crippen molar-refractivity contribution in [3.63, 3.8) is 0 Å². The number of hydrogen-bond acceptors (Lipinski definition) is 3. The van der Waals surface area contributed by atoms with E-state index in [0.29, 0.717) is 22.4 Å². The van der Waals surface area contributed by atoms with Crippen molar-refractivity contribution in [2.24, 2.45) is 0 Å². The molecule has 2 aromatic rings. The van der Waals surface area contributed by atoms with Gasteiger partial charge in [0.15, 0.2) is 0 Å². The molecule has 28 heavy (non-hydrogen) atoms. The van der Waals surface area contributed by atoms with E-state index in [1.165, 1.54) is 6.20 Å². The number of amides is 2. The average molecular weight is 385 g/mol. The number of rotatable bonds is 4. The van der Waals surface area contributed by atoms with Crippen LogP contribution in [-0.4, -0.2) is 46.8 Å². The van der Waals surface area contributed by atoms with Gasteiger partial charge in [-0.3, -0.25) is 14.6 Å². The normalized spacial score (nSPS) is 18.3. The molecule has 0 saturated carbocycles. The lowest BCUT2D eigenvalue weighted by atomic mass is 9.99. The second-order valence-corrected chi connectivity index (χ2v) is 7.24. The Bertz CT molecular complexity index is 966. The Morgan fingerprint density at radius 1 is 1.39 bits per heavy atom. The van der Waals surface area contributed by atoms with Gasteiger partial charge in [0.25, 0.3) is 11.8 Å². The zero-order chi connectivity index (χ0) is 20.5. The summed E-state index contributed by atoms with van der Waals surface area (Å²) in [6.07, 6.45) is 6.22. The highest BCUT2D eigenvalue weighted by molar-refractivity contribution is 6.07. The van der Waals surface area contributed by atoms with Gasteiger partial charge in [-0.05, 0) is 23.6 Å². The predicted molar refractivity (Wildman–Crippen MR) is 102 cm³/mol. The first-order valence-corrected chi connectivity index (χ1v) is 9.02. The van der Waals surface area contributed by atoms with Gasteiger partial charge in [-0.25, -0.2) is 8.78 Å². The Labute approximate surface area is 162 Å². The van der Waals surface area contributed by atoms with Crippen LogP contribution in [0.2, 0.25) is 0 Å². The summed E-state index contributed by atoms with van der Waals surface area (Å²) in [4.78, 5) is 30.1. The molecule has 1 N–H and O–H groups in total. The molecule has 1 aromatic carbocycles. The smallest absolute Gasteiger partial charge is 0.268 e. The van der Waals surface area contributed by atoms with E-state index in [0.717, 1.165) is 10.5 Å². The highest BCUT2D eigenvalue weighted by atomic mass is 19.3. The van der Waals surface area contributed by atoms with Crippen LogP contribution in [0.3, 0.4) is 0 Å². The van der Waals surface area contributed by atoms with Crippen molar-refractivity contribution in [1.29, 1.82) is 0 Å². The second-order valence-electron chi connectivity index (χ2n) is 7.24. The molecule has 1 aliphatic heterocycles. The minimum atomic E-state index is -3.01. The first-order chi connectivity index (χ1) is 13.2. The number of carbonyl (C=O) groups excluding carboxylic acids is 2. The maximum atomic E-state index is 13.5. The van der Waals surface area contributed by atoms with Crippen LogP contribution in [0.5, 0.6) is 0 Å². The van der Waals surface area contributed by atoms with Gasteiger partial charge in [-0.1, -0.05) is 31.9 Å². The van der Waals surface area contributed by atoms with Gasteiger partial charge in [-0.15, -0.1) is 6.42 Å². The van der Waals surface area contributed by atoms with Crippen LogP contribution in [0.25, 0.3) is 10.9 Å². The highest BCUT2D eigenvalue weighted by Crippen LogP contribution is 2.31. The van der Waals surface area contributed by atoms with Crippen molar-refractivity contribution < 1.29 is 18.4 Å². The Morgan fingerprint density at radius 3 is 2.82 bits per heavy atom. The Morgan fingerprint density at radius 2 is 2.14 bits per heavy atom. The topological polar surface area (TPSA) is 62.3 Å². The summed E-state index contributed by atoms with van der Waals surface area (Å²) < 4.78 is 27.1. The first-order valence-electron chi connectivity index (χ1n) is 9.02. The fraction of sp³-hybridized carbons (Fsp3) is 0.381. The maximum absolute atomic E-state index is 13.5. The molecule has 1 atom stereocenters. The van der Waals surface area contributed by atoms with Crippen molar-refractivity contribution >= 4 is 22.7 Å². The summed E-state index contributed by atoms with van der Waals surface area (Å²) in [5.74, 6) is -1.57. The van der Waals surface area contributed by atoms with Crippen molar-refractivity contribution in [2.75, 3.05) is 13.1 Å². The van der Waals surface area contributed by atoms with Crippen LogP contribution in [-0.2, 0) is 4.79 Å². The lowest BCUT2D eigenvalue weighted by Crippen LogP contribution is -2.43. The molecule has 0 unspecified atom stereocenters. The molecule has 1 saturated heterocycles. The Balaban J connectivity index is 1.73. The van der Waals surface area contributed by atoms with Crippen LogP contribution < -0.4 is 5.32 Å². The lowest BCUT2D eigenvalue weighted by molar-refractivity contribution is -0.131. The van der Waals surface area contributed by atoms with E-state index in [-0.39, 0.29) is 0 Å². The van der Waals surface area contributed by atoms with Gasteiger partial charge in [0.05, 0.1) is 30.2 Å². The summed E-state index contributed by atoms with van der Waals surface area (Å²) in [5.41, 5.74) is 2.15. The molecule has 2 amide bonds. The zero-order valence-corrected chi connectivity index (χ0v) is 15.7. The van der Waals surface area contributed by atoms with E-state index < -0.39 is 43.3 Å². The summed E-state index contributed by atoms with van der Waals surface area (Å²) in [6.45, 7) is 3.00. The fourth-order valence-electron chi connectivity index (χ4n) is 3.30. The van der Waals surface area contributed by atoms with E-state index in [4.69, 9.17) is 6.42 Å². The molecule has 3 rings (SSSR count). The van der Waals surface area contributed by atoms with Crippen molar-refractivity contribution in [2.45, 2.75) is 38.2 Å². The van der Waals surface area contributed by atoms with Crippen molar-refractivity contribution in [1.82, 2.24) is 15.2 Å². The van der Waals surface area contributed by atoms with Gasteiger partial charge in [0, 0.05) is 18.0 Å². The van der Waals surface area contributed by atoms with Gasteiger partial charge in [0.1, 0.15) is 0 Å². The Kier molecular flexibility index (Phi) is 5.32. The lowest BCUT2D eigenvalue weighted by Gasteiger charge is -2.20. The van der Waals surface area contributed by atoms with Crippen molar-refractivity contribution in [3.8, 4) is 12.3 Å². The molecule has 0 spiro atoms. The zero-order valence-electron chi connectivity index (χ0n) is 15.7. The summed E-state index contributed by atoms with van der Waals surface area (Å²) in [5, 5.41) is 3.16. The number of hydrogen-bond donors (Lipinski definition) is 1. The standard InChI is InChI=1S/C21H21F2N3O2/c1-4-15-10-21(22,23)12-26(15)19(27)11-25-20(28)17-7-8-24-18-9-14(13(2)3)5-6-16(17)18/h1,5-9,13,15H,10-12H2,2-3H3,(H,25,28)/t15-/m1/s1. The number of fused-ring (bicyclic) bond motifs is 1. The second kappa shape index (κ2) is 7.55. The van der Waals surface area contributed by atoms with Gasteiger partial charge >= 0.3 is 0 Å². The molecule has 1 aromatic heterocycles. The van der Waals surface area contributed by atoms with E-state index in [9.17, 15) is 18.4 Å². The van der Waals surface area contributed by atoms with Crippen LogP contribution >= 0.6 is 0 Å². The average Bonchev–Trinajstić information content (AvgIpc) is 2.99. The number of terminal acetylenes is 1. The molecule has 0 aliphatic carbocycles. The minimum Gasteiger partial charge on any atom is -0.343 e. The number of likely N-dealkylation sites (tertiary alicyclic amines) is 1. The van der Waals surface area contributed by atoms with Crippen LogP contribution in [0.4, 0.5) is 8.78 Å². The van der Waals surface area contributed by atoms with Crippen LogP contribution in [0.15, 0.2) is 30.5 Å². The fourth-order valence-corrected chi connectivity index (χ4v) is 3.30. The molecule has 1 aliphatic rings. The molecular weight excluding hydrogens is 364 g/mol. The molecule has 0 bridgehead atoms. The Hall–Kier alpha value is -3.01. The van der Waals surface area contributed by atoms with Gasteiger partial charge in [0.2, 0.25) is 5.91 Å². The van der Waals surface area contributed by atoms with E-state index in [2.05, 4.69) is 30.1 Å². The molecule has 146 valence electrons. The molecular formula is C21H21F2N3O2. The van der Waals surface area contributed by atoms with Gasteiger partial charge < -0.3 is 10.2 Å². The number of halogens is 2. The number of nitrogens with zero attached hydrogens (tertiary/aromatic N) is 2. The number of nitrogens with one attached hydrogen (secondary N) is 1. The van der Waals surface area contributed by atoms with Crippen molar-refractivity contribution in [3.05, 3.63) is 41.6 Å². The number of pyridine rings is 1. The number of alkyl halides is 2. The first kappa shape index (κ1) is 19.7.